The Morgan fingerprint density at radius 3 is 1.50 bits per heavy atom. The topological polar surface area (TPSA) is 84.8 Å². The molecule has 0 bridgehead atoms. The van der Waals surface area contributed by atoms with E-state index < -0.39 is 0 Å². The molecule has 0 amide bonds. The molecule has 0 saturated heterocycles. The average Bonchev–Trinajstić information content (AvgIpc) is 3.91. The molecule has 260 valence electrons. The van der Waals surface area contributed by atoms with Crippen LogP contribution in [0, 0.1) is 0 Å². The van der Waals surface area contributed by atoms with Gasteiger partial charge in [0.15, 0.2) is 5.82 Å². The van der Waals surface area contributed by atoms with E-state index in [0.717, 1.165) is 88.4 Å². The zero-order valence-corrected chi connectivity index (χ0v) is 29.5. The summed E-state index contributed by atoms with van der Waals surface area (Å²) in [5.74, 6) is 3.85. The van der Waals surface area contributed by atoms with Crippen LogP contribution in [-0.4, -0.2) is 40.4 Å². The summed E-state index contributed by atoms with van der Waals surface area (Å²) in [5, 5.41) is 4.50. The quantitative estimate of drug-likeness (QED) is 0.170. The van der Waals surface area contributed by atoms with E-state index in [1.165, 1.54) is 0 Å². The molecule has 0 spiro atoms. The number of nitrogens with zero attached hydrogens (tertiary/aromatic N) is 7. The highest BCUT2D eigenvalue weighted by atomic mass is 16.5. The lowest BCUT2D eigenvalue weighted by Crippen LogP contribution is -2.54. The number of hydrogen-bond acceptors (Lipinski definition) is 6. The summed E-state index contributed by atoms with van der Waals surface area (Å²) in [6, 6.07) is 54.4. The Morgan fingerprint density at radius 2 is 0.893 bits per heavy atom. The van der Waals surface area contributed by atoms with E-state index in [0.29, 0.717) is 23.7 Å². The Hall–Kier alpha value is -7.72. The SMILES string of the molecule is c1ccc2c(c1)Oc1cccc3c1B2n1c(nc2c(-c4nc(-n5c6ccccc6c6ccccc65)nc(-n5c6ccccc6c6ccccc65)n4)cccc21)O3. The van der Waals surface area contributed by atoms with Crippen molar-refractivity contribution < 1.29 is 9.47 Å². The van der Waals surface area contributed by atoms with Crippen molar-refractivity contribution in [3.63, 3.8) is 0 Å². The van der Waals surface area contributed by atoms with Crippen LogP contribution < -0.4 is 20.4 Å². The number of hydrogen-bond donors (Lipinski definition) is 0. The van der Waals surface area contributed by atoms with Gasteiger partial charge in [-0.15, -0.1) is 0 Å². The fourth-order valence-electron chi connectivity index (χ4n) is 8.96. The van der Waals surface area contributed by atoms with Crippen molar-refractivity contribution in [3.8, 4) is 46.5 Å². The first kappa shape index (κ1) is 29.7. The predicted molar refractivity (Wildman–Crippen MR) is 221 cm³/mol. The monoisotopic (exact) mass is 719 g/mol. The molecule has 2 aliphatic heterocycles. The van der Waals surface area contributed by atoms with Crippen molar-refractivity contribution >= 4 is 72.4 Å². The zero-order chi connectivity index (χ0) is 36.5. The van der Waals surface area contributed by atoms with E-state index in [9.17, 15) is 0 Å². The van der Waals surface area contributed by atoms with E-state index in [1.807, 2.05) is 48.5 Å². The van der Waals surface area contributed by atoms with Crippen LogP contribution in [0.15, 0.2) is 158 Å². The fourth-order valence-corrected chi connectivity index (χ4v) is 8.96. The third-order valence-electron chi connectivity index (χ3n) is 11.3. The van der Waals surface area contributed by atoms with Gasteiger partial charge in [0, 0.05) is 32.6 Å². The van der Waals surface area contributed by atoms with Crippen LogP contribution in [0.5, 0.6) is 23.3 Å². The van der Waals surface area contributed by atoms with Crippen LogP contribution in [0.3, 0.4) is 0 Å². The first-order valence-electron chi connectivity index (χ1n) is 18.6. The first-order valence-corrected chi connectivity index (χ1v) is 18.6. The molecule has 0 aliphatic carbocycles. The van der Waals surface area contributed by atoms with Gasteiger partial charge in [-0.1, -0.05) is 103 Å². The maximum absolute atomic E-state index is 6.58. The molecule has 0 fully saturated rings. The van der Waals surface area contributed by atoms with Crippen LogP contribution in [0.2, 0.25) is 0 Å². The minimum atomic E-state index is -0.199. The number of rotatable bonds is 3. The molecular formula is C46H26BN7O2. The number of imidazole rings is 1. The predicted octanol–water partition coefficient (Wildman–Crippen LogP) is 8.95. The van der Waals surface area contributed by atoms with Gasteiger partial charge in [0.1, 0.15) is 22.8 Å². The van der Waals surface area contributed by atoms with E-state index in [-0.39, 0.29) is 6.85 Å². The second kappa shape index (κ2) is 10.9. The van der Waals surface area contributed by atoms with Gasteiger partial charge in [0.2, 0.25) is 11.9 Å². The normalized spacial score (nSPS) is 12.9. The lowest BCUT2D eigenvalue weighted by atomic mass is 9.48. The van der Waals surface area contributed by atoms with Gasteiger partial charge in [-0.3, -0.25) is 9.13 Å². The standard InChI is InChI=1S/C46H26BN7O2/c1-6-19-33-27(13-1)28-14-2-7-20-34(28)52(33)44-49-43(50-45(51-44)53-35-21-8-3-15-29(35)30-16-4-9-22-36(30)53)31-17-11-23-37-42(31)48-46-54(37)47-32-18-5-10-24-38(32)55-39-25-12-26-40(56-46)41(39)47/h1-26H. The molecule has 13 rings (SSSR count). The third-order valence-corrected chi connectivity index (χ3v) is 11.3. The van der Waals surface area contributed by atoms with Gasteiger partial charge in [-0.05, 0) is 60.1 Å². The van der Waals surface area contributed by atoms with Crippen molar-refractivity contribution in [2.24, 2.45) is 0 Å². The summed E-state index contributed by atoms with van der Waals surface area (Å²) < 4.78 is 19.4. The highest BCUT2D eigenvalue weighted by Gasteiger charge is 2.42. The van der Waals surface area contributed by atoms with Crippen LogP contribution in [0.25, 0.3) is 77.9 Å². The Balaban J connectivity index is 1.11. The molecule has 7 aromatic carbocycles. The maximum Gasteiger partial charge on any atom is 0.344 e. The van der Waals surface area contributed by atoms with Crippen molar-refractivity contribution in [2.75, 3.05) is 0 Å². The summed E-state index contributed by atoms with van der Waals surface area (Å²) in [6.07, 6.45) is 0. The molecule has 4 aromatic heterocycles. The Bertz CT molecular complexity index is 3240. The van der Waals surface area contributed by atoms with Crippen molar-refractivity contribution in [1.29, 1.82) is 0 Å². The Morgan fingerprint density at radius 1 is 0.411 bits per heavy atom. The van der Waals surface area contributed by atoms with Crippen LogP contribution in [0.1, 0.15) is 0 Å². The number of benzene rings is 7. The molecule has 0 unspecified atom stereocenters. The molecule has 6 heterocycles. The van der Waals surface area contributed by atoms with Gasteiger partial charge in [-0.2, -0.15) is 19.9 Å². The van der Waals surface area contributed by atoms with E-state index >= 15 is 0 Å². The van der Waals surface area contributed by atoms with Gasteiger partial charge >= 0.3 is 6.85 Å². The van der Waals surface area contributed by atoms with Crippen molar-refractivity contribution in [3.05, 3.63) is 158 Å². The molecule has 10 heteroatoms. The molecule has 9 nitrogen and oxygen atoms in total. The summed E-state index contributed by atoms with van der Waals surface area (Å²) >= 11 is 0. The van der Waals surface area contributed by atoms with E-state index in [4.69, 9.17) is 29.4 Å². The van der Waals surface area contributed by atoms with Crippen molar-refractivity contribution in [1.82, 2.24) is 33.5 Å². The molecule has 0 radical (unpaired) electrons. The first-order chi connectivity index (χ1) is 27.8. The fraction of sp³-hybridized carbons (Fsp3) is 0. The summed E-state index contributed by atoms with van der Waals surface area (Å²) in [6.45, 7) is -0.199. The number of ether oxygens (including phenoxy) is 2. The second-order valence-corrected chi connectivity index (χ2v) is 14.2. The Labute approximate surface area is 318 Å². The highest BCUT2D eigenvalue weighted by molar-refractivity contribution is 6.87. The van der Waals surface area contributed by atoms with Gasteiger partial charge < -0.3 is 14.0 Å². The van der Waals surface area contributed by atoms with E-state index in [1.54, 1.807) is 0 Å². The zero-order valence-electron chi connectivity index (χ0n) is 29.5. The minimum Gasteiger partial charge on any atom is -0.458 e. The number of fused-ring (bicyclic) bond motifs is 12. The number of para-hydroxylation sites is 6. The molecule has 0 N–H and O–H groups in total. The molecule has 0 saturated carbocycles. The average molecular weight is 720 g/mol. The van der Waals surface area contributed by atoms with Gasteiger partial charge in [0.05, 0.1) is 27.6 Å². The summed E-state index contributed by atoms with van der Waals surface area (Å²) in [4.78, 5) is 21.2. The molecule has 0 atom stereocenters. The van der Waals surface area contributed by atoms with Gasteiger partial charge in [0.25, 0.3) is 6.01 Å². The molecule has 56 heavy (non-hydrogen) atoms. The lowest BCUT2D eigenvalue weighted by molar-refractivity contribution is 0.429. The highest BCUT2D eigenvalue weighted by Crippen LogP contribution is 2.40. The minimum absolute atomic E-state index is 0.199. The summed E-state index contributed by atoms with van der Waals surface area (Å²) in [5.41, 5.74) is 8.46. The van der Waals surface area contributed by atoms with E-state index in [2.05, 4.69) is 123 Å². The van der Waals surface area contributed by atoms with Crippen LogP contribution >= 0.6 is 0 Å². The lowest BCUT2D eigenvalue weighted by Gasteiger charge is -2.32. The number of aromatic nitrogens is 7. The maximum atomic E-state index is 6.58. The van der Waals surface area contributed by atoms with Crippen molar-refractivity contribution in [2.45, 2.75) is 0 Å². The summed E-state index contributed by atoms with van der Waals surface area (Å²) in [7, 11) is 0. The Kier molecular flexibility index (Phi) is 5.80. The van der Waals surface area contributed by atoms with Crippen LogP contribution in [0.4, 0.5) is 0 Å². The molecule has 11 aromatic rings. The molecular weight excluding hydrogens is 693 g/mol. The molecule has 2 aliphatic rings. The largest absolute Gasteiger partial charge is 0.458 e. The second-order valence-electron chi connectivity index (χ2n) is 14.2. The van der Waals surface area contributed by atoms with Gasteiger partial charge in [-0.25, -0.2) is 0 Å². The third kappa shape index (κ3) is 3.94. The van der Waals surface area contributed by atoms with Crippen LogP contribution in [-0.2, 0) is 0 Å². The smallest absolute Gasteiger partial charge is 0.344 e.